The van der Waals surface area contributed by atoms with Gasteiger partial charge in [-0.15, -0.1) is 0 Å². The van der Waals surface area contributed by atoms with Crippen molar-refractivity contribution < 1.29 is 22.4 Å². The van der Waals surface area contributed by atoms with Crippen molar-refractivity contribution in [2.45, 2.75) is 25.4 Å². The number of H-pyrrole nitrogens is 1. The molecule has 0 spiro atoms. The van der Waals surface area contributed by atoms with E-state index < -0.39 is 23.8 Å². The number of aromatic nitrogens is 1. The SMILES string of the molecule is NC(=O)c1cc(F)cc2c3c([nH]c12)CC(C(F)(F)F)CC3. The number of aromatic amines is 1. The second kappa shape index (κ2) is 4.47. The van der Waals surface area contributed by atoms with Crippen LogP contribution >= 0.6 is 0 Å². The summed E-state index contributed by atoms with van der Waals surface area (Å²) >= 11 is 0. The predicted octanol–water partition coefficient (Wildman–Crippen LogP) is 3.07. The second-order valence-electron chi connectivity index (χ2n) is 5.30. The number of hydrogen-bond acceptors (Lipinski definition) is 1. The van der Waals surface area contributed by atoms with E-state index in [9.17, 15) is 22.4 Å². The molecule has 7 heteroatoms. The van der Waals surface area contributed by atoms with Gasteiger partial charge in [0.25, 0.3) is 5.91 Å². The van der Waals surface area contributed by atoms with Crippen molar-refractivity contribution in [3.63, 3.8) is 0 Å². The van der Waals surface area contributed by atoms with Gasteiger partial charge in [-0.25, -0.2) is 4.39 Å². The Morgan fingerprint density at radius 1 is 1.33 bits per heavy atom. The molecule has 1 aromatic heterocycles. The van der Waals surface area contributed by atoms with E-state index in [0.717, 1.165) is 6.07 Å². The third-order valence-electron chi connectivity index (χ3n) is 3.99. The van der Waals surface area contributed by atoms with Gasteiger partial charge in [0.1, 0.15) is 5.82 Å². The van der Waals surface area contributed by atoms with Gasteiger partial charge in [-0.2, -0.15) is 13.2 Å². The number of halogens is 4. The van der Waals surface area contributed by atoms with Gasteiger partial charge in [0, 0.05) is 11.1 Å². The molecule has 3 N–H and O–H groups in total. The second-order valence-corrected chi connectivity index (χ2v) is 5.30. The molecule has 0 saturated carbocycles. The topological polar surface area (TPSA) is 58.9 Å². The highest BCUT2D eigenvalue weighted by Gasteiger charge is 2.42. The quantitative estimate of drug-likeness (QED) is 0.781. The number of primary amides is 1. The van der Waals surface area contributed by atoms with Crippen LogP contribution in [-0.2, 0) is 12.8 Å². The first kappa shape index (κ1) is 13.9. The molecule has 3 rings (SSSR count). The van der Waals surface area contributed by atoms with E-state index in [1.54, 1.807) is 0 Å². The van der Waals surface area contributed by atoms with Gasteiger partial charge in [-0.3, -0.25) is 4.79 Å². The average molecular weight is 300 g/mol. The van der Waals surface area contributed by atoms with Crippen LogP contribution in [0.1, 0.15) is 28.0 Å². The van der Waals surface area contributed by atoms with E-state index in [4.69, 9.17) is 5.73 Å². The van der Waals surface area contributed by atoms with Crippen molar-refractivity contribution in [2.24, 2.45) is 11.7 Å². The van der Waals surface area contributed by atoms with Gasteiger partial charge in [-0.05, 0) is 37.0 Å². The summed E-state index contributed by atoms with van der Waals surface area (Å²) < 4.78 is 52.0. The van der Waals surface area contributed by atoms with Gasteiger partial charge >= 0.3 is 6.18 Å². The smallest absolute Gasteiger partial charge is 0.366 e. The van der Waals surface area contributed by atoms with Crippen LogP contribution in [0.3, 0.4) is 0 Å². The first-order chi connectivity index (χ1) is 9.77. The summed E-state index contributed by atoms with van der Waals surface area (Å²) in [6, 6.07) is 2.22. The van der Waals surface area contributed by atoms with Gasteiger partial charge in [0.05, 0.1) is 17.0 Å². The van der Waals surface area contributed by atoms with Crippen molar-refractivity contribution in [1.29, 1.82) is 0 Å². The van der Waals surface area contributed by atoms with E-state index in [0.29, 0.717) is 22.2 Å². The molecular weight excluding hydrogens is 288 g/mol. The minimum Gasteiger partial charge on any atom is -0.366 e. The van der Waals surface area contributed by atoms with Gasteiger partial charge in [0.15, 0.2) is 0 Å². The summed E-state index contributed by atoms with van der Waals surface area (Å²) in [5.74, 6) is -2.86. The highest BCUT2D eigenvalue weighted by molar-refractivity contribution is 6.06. The minimum atomic E-state index is -4.26. The molecule has 1 aliphatic carbocycles. The molecule has 112 valence electrons. The molecular formula is C14H12F4N2O. The van der Waals surface area contributed by atoms with E-state index in [2.05, 4.69) is 4.98 Å². The molecule has 1 aromatic carbocycles. The van der Waals surface area contributed by atoms with E-state index in [1.165, 1.54) is 6.07 Å². The number of aryl methyl sites for hydroxylation is 1. The lowest BCUT2D eigenvalue weighted by Crippen LogP contribution is -2.28. The Balaban J connectivity index is 2.15. The zero-order valence-corrected chi connectivity index (χ0v) is 10.9. The van der Waals surface area contributed by atoms with Crippen LogP contribution in [0.2, 0.25) is 0 Å². The molecule has 1 aliphatic rings. The number of nitrogens with two attached hydrogens (primary N) is 1. The third-order valence-corrected chi connectivity index (χ3v) is 3.99. The number of fused-ring (bicyclic) bond motifs is 3. The molecule has 0 aliphatic heterocycles. The van der Waals surface area contributed by atoms with Crippen LogP contribution in [0.25, 0.3) is 10.9 Å². The lowest BCUT2D eigenvalue weighted by atomic mass is 9.86. The molecule has 0 saturated heterocycles. The maximum atomic E-state index is 13.6. The number of nitrogens with one attached hydrogen (secondary N) is 1. The van der Waals surface area contributed by atoms with Gasteiger partial charge < -0.3 is 10.7 Å². The number of hydrogen-bond donors (Lipinski definition) is 2. The maximum absolute atomic E-state index is 13.6. The zero-order chi connectivity index (χ0) is 15.4. The standard InChI is InChI=1S/C14H12F4N2O/c15-7-4-9-8-2-1-6(14(16,17)18)3-11(8)20-12(9)10(5-7)13(19)21/h4-6,20H,1-3H2,(H2,19,21). The van der Waals surface area contributed by atoms with Crippen LogP contribution < -0.4 is 5.73 Å². The lowest BCUT2D eigenvalue weighted by Gasteiger charge is -2.24. The maximum Gasteiger partial charge on any atom is 0.392 e. The zero-order valence-electron chi connectivity index (χ0n) is 10.9. The number of carbonyl (C=O) groups is 1. The Hall–Kier alpha value is -2.05. The van der Waals surface area contributed by atoms with Crippen LogP contribution in [0.15, 0.2) is 12.1 Å². The summed E-state index contributed by atoms with van der Waals surface area (Å²) in [5.41, 5.74) is 6.53. The summed E-state index contributed by atoms with van der Waals surface area (Å²) in [6.45, 7) is 0. The summed E-state index contributed by atoms with van der Waals surface area (Å²) in [4.78, 5) is 14.2. The first-order valence-electron chi connectivity index (χ1n) is 6.47. The van der Waals surface area contributed by atoms with Crippen molar-refractivity contribution in [3.8, 4) is 0 Å². The molecule has 1 heterocycles. The van der Waals surface area contributed by atoms with Crippen LogP contribution in [0, 0.1) is 11.7 Å². The average Bonchev–Trinajstić information content (AvgIpc) is 2.74. The Bertz CT molecular complexity index is 733. The fourth-order valence-electron chi connectivity index (χ4n) is 2.97. The molecule has 2 aromatic rings. The Labute approximate surface area is 117 Å². The Morgan fingerprint density at radius 2 is 2.05 bits per heavy atom. The normalized spacial score (nSPS) is 18.8. The van der Waals surface area contributed by atoms with E-state index >= 15 is 0 Å². The number of alkyl halides is 3. The monoisotopic (exact) mass is 300 g/mol. The molecule has 21 heavy (non-hydrogen) atoms. The van der Waals surface area contributed by atoms with Crippen molar-refractivity contribution in [2.75, 3.05) is 0 Å². The van der Waals surface area contributed by atoms with Crippen molar-refractivity contribution >= 4 is 16.8 Å². The molecule has 1 atom stereocenters. The van der Waals surface area contributed by atoms with E-state index in [-0.39, 0.29) is 24.8 Å². The molecule has 1 unspecified atom stereocenters. The van der Waals surface area contributed by atoms with Crippen LogP contribution in [0.4, 0.5) is 17.6 Å². The Morgan fingerprint density at radius 3 is 2.67 bits per heavy atom. The highest BCUT2D eigenvalue weighted by Crippen LogP contribution is 2.39. The number of carbonyl (C=O) groups excluding carboxylic acids is 1. The predicted molar refractivity (Wildman–Crippen MR) is 68.3 cm³/mol. The molecule has 0 bridgehead atoms. The van der Waals surface area contributed by atoms with Crippen LogP contribution in [-0.4, -0.2) is 17.1 Å². The van der Waals surface area contributed by atoms with Crippen molar-refractivity contribution in [3.05, 3.63) is 34.8 Å². The molecule has 0 radical (unpaired) electrons. The third kappa shape index (κ3) is 2.26. The van der Waals surface area contributed by atoms with Gasteiger partial charge in [-0.1, -0.05) is 0 Å². The Kier molecular flexibility index (Phi) is 2.96. The van der Waals surface area contributed by atoms with Gasteiger partial charge in [0.2, 0.25) is 0 Å². The number of benzene rings is 1. The largest absolute Gasteiger partial charge is 0.392 e. The summed E-state index contributed by atoms with van der Waals surface area (Å²) in [7, 11) is 0. The summed E-state index contributed by atoms with van der Waals surface area (Å²) in [6.07, 6.45) is -4.28. The fourth-order valence-corrected chi connectivity index (χ4v) is 2.97. The number of amides is 1. The van der Waals surface area contributed by atoms with Crippen molar-refractivity contribution in [1.82, 2.24) is 4.98 Å². The fraction of sp³-hybridized carbons (Fsp3) is 0.357. The molecule has 3 nitrogen and oxygen atoms in total. The highest BCUT2D eigenvalue weighted by atomic mass is 19.4. The molecule has 1 amide bonds. The number of rotatable bonds is 1. The van der Waals surface area contributed by atoms with E-state index in [1.807, 2.05) is 0 Å². The molecule has 0 fully saturated rings. The first-order valence-corrected chi connectivity index (χ1v) is 6.47. The lowest BCUT2D eigenvalue weighted by molar-refractivity contribution is -0.177. The summed E-state index contributed by atoms with van der Waals surface area (Å²) in [5, 5.41) is 0.444. The van der Waals surface area contributed by atoms with Crippen LogP contribution in [0.5, 0.6) is 0 Å². The minimum absolute atomic E-state index is 0.0358.